The molecule has 1 aliphatic carbocycles. The number of hydrogen-bond acceptors (Lipinski definition) is 6. The fourth-order valence-corrected chi connectivity index (χ4v) is 4.21. The zero-order valence-electron chi connectivity index (χ0n) is 20.0. The number of esters is 1. The molecule has 1 aliphatic rings. The molecule has 0 unspecified atom stereocenters. The average molecular weight is 510 g/mol. The molecule has 1 fully saturated rings. The van der Waals surface area contributed by atoms with E-state index < -0.39 is 41.2 Å². The number of benzene rings is 1. The molecule has 3 rings (SSSR count). The van der Waals surface area contributed by atoms with Crippen LogP contribution in [0.15, 0.2) is 24.4 Å². The van der Waals surface area contributed by atoms with Gasteiger partial charge in [0.1, 0.15) is 5.56 Å². The Morgan fingerprint density at radius 2 is 1.81 bits per heavy atom. The summed E-state index contributed by atoms with van der Waals surface area (Å²) in [5, 5.41) is 0. The summed E-state index contributed by atoms with van der Waals surface area (Å²) < 4.78 is 65.7. The quantitative estimate of drug-likeness (QED) is 0.260. The van der Waals surface area contributed by atoms with E-state index in [2.05, 4.69) is 4.98 Å². The van der Waals surface area contributed by atoms with Crippen LogP contribution in [0.1, 0.15) is 72.2 Å². The molecule has 1 saturated carbocycles. The Morgan fingerprint density at radius 3 is 2.36 bits per heavy atom. The minimum absolute atomic E-state index is 0.0717. The van der Waals surface area contributed by atoms with Crippen molar-refractivity contribution >= 4 is 23.9 Å². The predicted octanol–water partition coefficient (Wildman–Crippen LogP) is 5.95. The Kier molecular flexibility index (Phi) is 8.31. The van der Waals surface area contributed by atoms with Crippen LogP contribution in [0.5, 0.6) is 11.6 Å². The number of aldehydes is 1. The van der Waals surface area contributed by atoms with Crippen molar-refractivity contribution in [2.75, 3.05) is 12.0 Å². The minimum Gasteiger partial charge on any atom is -0.465 e. The highest BCUT2D eigenvalue weighted by Crippen LogP contribution is 2.40. The van der Waals surface area contributed by atoms with Crippen LogP contribution in [0.25, 0.3) is 0 Å². The Bertz CT molecular complexity index is 1140. The normalized spacial score (nSPS) is 14.4. The fourth-order valence-electron chi connectivity index (χ4n) is 4.21. The van der Waals surface area contributed by atoms with E-state index >= 15 is 4.39 Å². The van der Waals surface area contributed by atoms with E-state index in [-0.39, 0.29) is 34.9 Å². The van der Waals surface area contributed by atoms with Crippen molar-refractivity contribution < 1.29 is 41.4 Å². The third-order valence-electron chi connectivity index (χ3n) is 5.94. The summed E-state index contributed by atoms with van der Waals surface area (Å²) in [5.41, 5.74) is -2.08. The fraction of sp³-hybridized carbons (Fsp3) is 0.440. The van der Waals surface area contributed by atoms with E-state index in [4.69, 9.17) is 9.47 Å². The lowest BCUT2D eigenvalue weighted by atomic mass is 9.87. The van der Waals surface area contributed by atoms with Crippen LogP contribution in [0.4, 0.5) is 23.2 Å². The van der Waals surface area contributed by atoms with Gasteiger partial charge in [0.05, 0.1) is 18.4 Å². The van der Waals surface area contributed by atoms with Crippen molar-refractivity contribution in [3.63, 3.8) is 0 Å². The number of carbonyl (C=O) groups is 3. The molecule has 0 bridgehead atoms. The molecule has 1 amide bonds. The summed E-state index contributed by atoms with van der Waals surface area (Å²) in [7, 11) is 1.08. The van der Waals surface area contributed by atoms with Crippen molar-refractivity contribution in [2.45, 2.75) is 58.2 Å². The van der Waals surface area contributed by atoms with Crippen molar-refractivity contribution in [1.29, 1.82) is 0 Å². The van der Waals surface area contributed by atoms with E-state index in [1.165, 1.54) is 4.90 Å². The van der Waals surface area contributed by atoms with Crippen LogP contribution < -0.4 is 9.64 Å². The first-order chi connectivity index (χ1) is 17.0. The topological polar surface area (TPSA) is 85.8 Å². The van der Waals surface area contributed by atoms with E-state index in [1.807, 2.05) is 0 Å². The molecule has 7 nitrogen and oxygen atoms in total. The maximum atomic E-state index is 15.2. The van der Waals surface area contributed by atoms with Gasteiger partial charge >= 0.3 is 12.1 Å². The SMILES string of the molecule is COC(=O)c1cc(Oc2ncc(C=O)cc2C(F)(F)F)c(F)cc1N(C(=O)C1CCCCC1)C(C)C. The number of carbonyl (C=O) groups excluding carboxylic acids is 3. The predicted molar refractivity (Wildman–Crippen MR) is 122 cm³/mol. The Hall–Kier alpha value is -3.50. The van der Waals surface area contributed by atoms with Gasteiger partial charge in [0.2, 0.25) is 11.8 Å². The number of aromatic nitrogens is 1. The second kappa shape index (κ2) is 11.0. The Balaban J connectivity index is 2.09. The first kappa shape index (κ1) is 27.1. The Labute approximate surface area is 205 Å². The van der Waals surface area contributed by atoms with E-state index in [0.717, 1.165) is 44.7 Å². The van der Waals surface area contributed by atoms with Gasteiger partial charge in [-0.25, -0.2) is 14.2 Å². The third kappa shape index (κ3) is 5.83. The van der Waals surface area contributed by atoms with Crippen molar-refractivity contribution in [1.82, 2.24) is 4.98 Å². The van der Waals surface area contributed by atoms with E-state index in [1.54, 1.807) is 13.8 Å². The average Bonchev–Trinajstić information content (AvgIpc) is 2.85. The maximum Gasteiger partial charge on any atom is 0.421 e. The van der Waals surface area contributed by atoms with Gasteiger partial charge in [-0.3, -0.25) is 9.59 Å². The number of nitrogens with zero attached hydrogens (tertiary/aromatic N) is 2. The zero-order valence-corrected chi connectivity index (χ0v) is 20.0. The van der Waals surface area contributed by atoms with Gasteiger partial charge in [-0.2, -0.15) is 13.2 Å². The standard InChI is InChI=1S/C25H26F4N2O5/c1-14(2)31(23(33)16-7-5-4-6-8-16)20-11-19(26)21(10-17(20)24(34)35-3)36-22-18(25(27,28)29)9-15(13-32)12-30-22/h9-14,16H,4-8H2,1-3H3. The summed E-state index contributed by atoms with van der Waals surface area (Å²) in [6, 6.07) is 1.82. The molecule has 36 heavy (non-hydrogen) atoms. The van der Waals surface area contributed by atoms with Crippen LogP contribution in [-0.4, -0.2) is 36.3 Å². The summed E-state index contributed by atoms with van der Waals surface area (Å²) in [5.74, 6) is -4.35. The van der Waals surface area contributed by atoms with E-state index in [9.17, 15) is 27.6 Å². The van der Waals surface area contributed by atoms with Crippen LogP contribution in [0, 0.1) is 11.7 Å². The van der Waals surface area contributed by atoms with Gasteiger partial charge < -0.3 is 14.4 Å². The molecule has 0 saturated heterocycles. The van der Waals surface area contributed by atoms with Crippen molar-refractivity contribution in [3.8, 4) is 11.6 Å². The Morgan fingerprint density at radius 1 is 1.14 bits per heavy atom. The first-order valence-corrected chi connectivity index (χ1v) is 11.4. The van der Waals surface area contributed by atoms with Crippen LogP contribution in [0.3, 0.4) is 0 Å². The molecule has 0 radical (unpaired) electrons. The summed E-state index contributed by atoms with van der Waals surface area (Å²) in [6.07, 6.45) is 0.180. The van der Waals surface area contributed by atoms with Crippen molar-refractivity contribution in [3.05, 3.63) is 46.9 Å². The second-order valence-corrected chi connectivity index (χ2v) is 8.77. The molecule has 194 valence electrons. The first-order valence-electron chi connectivity index (χ1n) is 11.4. The smallest absolute Gasteiger partial charge is 0.421 e. The molecule has 0 atom stereocenters. The van der Waals surface area contributed by atoms with Gasteiger partial charge in [0.15, 0.2) is 17.9 Å². The number of ether oxygens (including phenoxy) is 2. The molecule has 1 heterocycles. The molecule has 1 aromatic carbocycles. The number of alkyl halides is 3. The highest BCUT2D eigenvalue weighted by Gasteiger charge is 2.37. The lowest BCUT2D eigenvalue weighted by Crippen LogP contribution is -2.42. The zero-order chi connectivity index (χ0) is 26.6. The number of rotatable bonds is 7. The third-order valence-corrected chi connectivity index (χ3v) is 5.94. The number of pyridine rings is 1. The molecule has 0 N–H and O–H groups in total. The number of hydrogen-bond donors (Lipinski definition) is 0. The monoisotopic (exact) mass is 510 g/mol. The summed E-state index contributed by atoms with van der Waals surface area (Å²) in [4.78, 5) is 41.7. The summed E-state index contributed by atoms with van der Waals surface area (Å²) in [6.45, 7) is 3.41. The van der Waals surface area contributed by atoms with Gasteiger partial charge in [-0.05, 0) is 32.8 Å². The van der Waals surface area contributed by atoms with E-state index in [0.29, 0.717) is 18.9 Å². The molecule has 2 aromatic rings. The number of halogens is 4. The second-order valence-electron chi connectivity index (χ2n) is 8.77. The number of methoxy groups -OCH3 is 1. The maximum absolute atomic E-state index is 15.2. The minimum atomic E-state index is -4.95. The molecule has 11 heteroatoms. The number of anilines is 1. The summed E-state index contributed by atoms with van der Waals surface area (Å²) >= 11 is 0. The largest absolute Gasteiger partial charge is 0.465 e. The molecule has 0 spiro atoms. The van der Waals surface area contributed by atoms with Crippen molar-refractivity contribution in [2.24, 2.45) is 5.92 Å². The van der Waals surface area contributed by atoms with Crippen LogP contribution in [-0.2, 0) is 15.7 Å². The lowest BCUT2D eigenvalue weighted by Gasteiger charge is -2.33. The molecular weight excluding hydrogens is 484 g/mol. The van der Waals surface area contributed by atoms with Gasteiger partial charge in [0, 0.05) is 35.9 Å². The molecule has 1 aromatic heterocycles. The molecular formula is C25H26F4N2O5. The highest BCUT2D eigenvalue weighted by molar-refractivity contribution is 6.04. The van der Waals surface area contributed by atoms with Gasteiger partial charge in [-0.15, -0.1) is 0 Å². The highest BCUT2D eigenvalue weighted by atomic mass is 19.4. The van der Waals surface area contributed by atoms with Gasteiger partial charge in [0.25, 0.3) is 0 Å². The van der Waals surface area contributed by atoms with Crippen LogP contribution >= 0.6 is 0 Å². The van der Waals surface area contributed by atoms with Gasteiger partial charge in [-0.1, -0.05) is 19.3 Å². The number of amides is 1. The van der Waals surface area contributed by atoms with Crippen LogP contribution in [0.2, 0.25) is 0 Å². The lowest BCUT2D eigenvalue weighted by molar-refractivity contribution is -0.139. The molecule has 0 aliphatic heterocycles.